The Bertz CT molecular complexity index is 476. The van der Waals surface area contributed by atoms with Gasteiger partial charge >= 0.3 is 0 Å². The van der Waals surface area contributed by atoms with Gasteiger partial charge in [-0.2, -0.15) is 0 Å². The van der Waals surface area contributed by atoms with Crippen LogP contribution in [-0.2, 0) is 6.42 Å². The molecule has 1 heterocycles. The van der Waals surface area contributed by atoms with Gasteiger partial charge in [-0.1, -0.05) is 29.8 Å². The minimum atomic E-state index is 0.573. The summed E-state index contributed by atoms with van der Waals surface area (Å²) in [6.07, 6.45) is 1.12. The molecule has 0 bridgehead atoms. The number of fused-ring (bicyclic) bond motifs is 1. The van der Waals surface area contributed by atoms with Gasteiger partial charge < -0.3 is 5.32 Å². The normalized spacial score (nSPS) is 11.5. The molecule has 1 N–H and O–H groups in total. The van der Waals surface area contributed by atoms with Crippen LogP contribution in [-0.4, -0.2) is 12.6 Å². The molecule has 0 aliphatic heterocycles. The summed E-state index contributed by atoms with van der Waals surface area (Å²) >= 11 is 5.40. The Balaban J connectivity index is 2.08. The van der Waals surface area contributed by atoms with Crippen LogP contribution in [0.3, 0.4) is 0 Å². The fraction of sp³-hybridized carbons (Fsp3) is 0.385. The van der Waals surface area contributed by atoms with Gasteiger partial charge in [0.15, 0.2) is 0 Å². The van der Waals surface area contributed by atoms with Gasteiger partial charge in [0.05, 0.1) is 0 Å². The molecule has 0 unspecified atom stereocenters. The fourth-order valence-corrected chi connectivity index (χ4v) is 3.10. The van der Waals surface area contributed by atoms with Crippen LogP contribution < -0.4 is 5.32 Å². The average Bonchev–Trinajstić information content (AvgIpc) is 2.58. The van der Waals surface area contributed by atoms with E-state index in [1.807, 2.05) is 11.3 Å². The number of nitrogens with one attached hydrogen (secondary N) is 1. The van der Waals surface area contributed by atoms with E-state index < -0.39 is 0 Å². The fourth-order valence-electron chi connectivity index (χ4n) is 1.68. The first-order valence-electron chi connectivity index (χ1n) is 5.56. The van der Waals surface area contributed by atoms with E-state index in [1.165, 1.54) is 15.0 Å². The van der Waals surface area contributed by atoms with E-state index in [2.05, 4.69) is 59.4 Å². The third-order valence-electron chi connectivity index (χ3n) is 2.45. The molecular weight excluding hydrogens is 282 g/mol. The number of halogens is 1. The zero-order chi connectivity index (χ0) is 11.5. The maximum absolute atomic E-state index is 3.51. The number of hydrogen-bond acceptors (Lipinski definition) is 2. The average molecular weight is 298 g/mol. The Morgan fingerprint density at radius 3 is 2.88 bits per heavy atom. The van der Waals surface area contributed by atoms with Crippen molar-refractivity contribution >= 4 is 37.4 Å². The molecule has 2 rings (SSSR count). The maximum Gasteiger partial charge on any atom is 0.0346 e. The quantitative estimate of drug-likeness (QED) is 0.892. The number of hydrogen-bond donors (Lipinski definition) is 1. The SMILES string of the molecule is CC(C)NCCc1cc2cc(Br)ccc2s1. The summed E-state index contributed by atoms with van der Waals surface area (Å²) in [6, 6.07) is 9.35. The molecule has 0 saturated heterocycles. The summed E-state index contributed by atoms with van der Waals surface area (Å²) in [5.41, 5.74) is 0. The minimum absolute atomic E-state index is 0.573. The van der Waals surface area contributed by atoms with E-state index >= 15 is 0 Å². The summed E-state index contributed by atoms with van der Waals surface area (Å²) in [7, 11) is 0. The van der Waals surface area contributed by atoms with E-state index in [4.69, 9.17) is 0 Å². The molecule has 1 nitrogen and oxygen atoms in total. The molecule has 16 heavy (non-hydrogen) atoms. The van der Waals surface area contributed by atoms with Crippen LogP contribution in [0.25, 0.3) is 10.1 Å². The molecule has 3 heteroatoms. The van der Waals surface area contributed by atoms with Crippen molar-refractivity contribution in [2.24, 2.45) is 0 Å². The van der Waals surface area contributed by atoms with Crippen LogP contribution in [0.5, 0.6) is 0 Å². The molecule has 0 aliphatic carbocycles. The van der Waals surface area contributed by atoms with Crippen molar-refractivity contribution in [3.63, 3.8) is 0 Å². The Kier molecular flexibility index (Phi) is 4.00. The molecule has 0 spiro atoms. The second-order valence-electron chi connectivity index (χ2n) is 4.25. The molecule has 0 radical (unpaired) electrons. The molecule has 0 aliphatic rings. The Labute approximate surface area is 109 Å². The lowest BCUT2D eigenvalue weighted by molar-refractivity contribution is 0.592. The summed E-state index contributed by atoms with van der Waals surface area (Å²) in [5.74, 6) is 0. The van der Waals surface area contributed by atoms with Crippen molar-refractivity contribution in [1.29, 1.82) is 0 Å². The predicted octanol–water partition coefficient (Wildman–Crippen LogP) is 4.20. The standard InChI is InChI=1S/C13H16BrNS/c1-9(2)15-6-5-12-8-10-7-11(14)3-4-13(10)16-12/h3-4,7-9,15H,5-6H2,1-2H3. The lowest BCUT2D eigenvalue weighted by Gasteiger charge is -2.05. The molecule has 0 amide bonds. The van der Waals surface area contributed by atoms with Gasteiger partial charge in [0.2, 0.25) is 0 Å². The van der Waals surface area contributed by atoms with Crippen molar-refractivity contribution in [2.75, 3.05) is 6.54 Å². The van der Waals surface area contributed by atoms with Crippen molar-refractivity contribution in [2.45, 2.75) is 26.3 Å². The van der Waals surface area contributed by atoms with Gasteiger partial charge in [-0.3, -0.25) is 0 Å². The second kappa shape index (κ2) is 5.30. The third-order valence-corrected chi connectivity index (χ3v) is 4.12. The molecule has 0 fully saturated rings. The van der Waals surface area contributed by atoms with E-state index in [0.29, 0.717) is 6.04 Å². The smallest absolute Gasteiger partial charge is 0.0346 e. The highest BCUT2D eigenvalue weighted by atomic mass is 79.9. The molecule has 0 atom stereocenters. The predicted molar refractivity (Wildman–Crippen MR) is 76.4 cm³/mol. The number of rotatable bonds is 4. The first kappa shape index (κ1) is 12.1. The Morgan fingerprint density at radius 2 is 2.12 bits per heavy atom. The summed E-state index contributed by atoms with van der Waals surface area (Å²) in [6.45, 7) is 5.43. The van der Waals surface area contributed by atoms with Crippen molar-refractivity contribution in [1.82, 2.24) is 5.32 Å². The molecular formula is C13H16BrNS. The number of benzene rings is 1. The minimum Gasteiger partial charge on any atom is -0.314 e. The van der Waals surface area contributed by atoms with Gasteiger partial charge in [-0.05, 0) is 36.1 Å². The zero-order valence-corrected chi connectivity index (χ0v) is 12.0. The molecule has 2 aromatic rings. The molecule has 1 aromatic carbocycles. The first-order valence-corrected chi connectivity index (χ1v) is 7.17. The zero-order valence-electron chi connectivity index (χ0n) is 9.59. The topological polar surface area (TPSA) is 12.0 Å². The van der Waals surface area contributed by atoms with E-state index in [1.54, 1.807) is 0 Å². The van der Waals surface area contributed by atoms with Crippen LogP contribution in [0.4, 0.5) is 0 Å². The summed E-state index contributed by atoms with van der Waals surface area (Å²) in [5, 5.41) is 4.79. The lowest BCUT2D eigenvalue weighted by atomic mass is 10.2. The van der Waals surface area contributed by atoms with E-state index in [9.17, 15) is 0 Å². The van der Waals surface area contributed by atoms with Crippen molar-refractivity contribution < 1.29 is 0 Å². The Morgan fingerprint density at radius 1 is 1.31 bits per heavy atom. The van der Waals surface area contributed by atoms with Gasteiger partial charge in [-0.15, -0.1) is 11.3 Å². The van der Waals surface area contributed by atoms with E-state index in [-0.39, 0.29) is 0 Å². The first-order chi connectivity index (χ1) is 7.65. The largest absolute Gasteiger partial charge is 0.314 e. The number of thiophene rings is 1. The van der Waals surface area contributed by atoms with Gasteiger partial charge in [0.1, 0.15) is 0 Å². The third kappa shape index (κ3) is 3.06. The van der Waals surface area contributed by atoms with Crippen LogP contribution in [0, 0.1) is 0 Å². The monoisotopic (exact) mass is 297 g/mol. The maximum atomic E-state index is 3.51. The van der Waals surface area contributed by atoms with Crippen LogP contribution >= 0.6 is 27.3 Å². The summed E-state index contributed by atoms with van der Waals surface area (Å²) in [4.78, 5) is 1.46. The van der Waals surface area contributed by atoms with Gasteiger partial charge in [-0.25, -0.2) is 0 Å². The van der Waals surface area contributed by atoms with E-state index in [0.717, 1.165) is 17.4 Å². The van der Waals surface area contributed by atoms with Gasteiger partial charge in [0, 0.05) is 26.6 Å². The van der Waals surface area contributed by atoms with Crippen LogP contribution in [0.2, 0.25) is 0 Å². The summed E-state index contributed by atoms with van der Waals surface area (Å²) < 4.78 is 2.53. The van der Waals surface area contributed by atoms with Crippen molar-refractivity contribution in [3.05, 3.63) is 33.6 Å². The second-order valence-corrected chi connectivity index (χ2v) is 6.34. The Hall–Kier alpha value is -0.380. The van der Waals surface area contributed by atoms with Crippen molar-refractivity contribution in [3.8, 4) is 0 Å². The van der Waals surface area contributed by atoms with Crippen LogP contribution in [0.15, 0.2) is 28.7 Å². The van der Waals surface area contributed by atoms with Crippen LogP contribution in [0.1, 0.15) is 18.7 Å². The molecule has 1 aromatic heterocycles. The highest BCUT2D eigenvalue weighted by Gasteiger charge is 2.02. The highest BCUT2D eigenvalue weighted by molar-refractivity contribution is 9.10. The highest BCUT2D eigenvalue weighted by Crippen LogP contribution is 2.28. The molecule has 86 valence electrons. The molecule has 0 saturated carbocycles. The van der Waals surface area contributed by atoms with Gasteiger partial charge in [0.25, 0.3) is 0 Å². The lowest BCUT2D eigenvalue weighted by Crippen LogP contribution is -2.24.